The molecule has 0 unspecified atom stereocenters. The molecule has 3 aromatic rings. The van der Waals surface area contributed by atoms with Crippen LogP contribution in [0.3, 0.4) is 0 Å². The molecule has 0 aliphatic heterocycles. The smallest absolute Gasteiger partial charge is 0.174 e. The number of fused-ring (bicyclic) bond motifs is 1. The summed E-state index contributed by atoms with van der Waals surface area (Å²) in [6.45, 7) is 0. The van der Waals surface area contributed by atoms with E-state index in [0.29, 0.717) is 5.75 Å². The lowest BCUT2D eigenvalue weighted by Crippen LogP contribution is -1.96. The van der Waals surface area contributed by atoms with Gasteiger partial charge < -0.3 is 0 Å². The number of hydrogen-bond donors (Lipinski definition) is 0. The summed E-state index contributed by atoms with van der Waals surface area (Å²) in [4.78, 5) is 4.60. The fourth-order valence-electron chi connectivity index (χ4n) is 2.02. The number of hydrogen-bond acceptors (Lipinski definition) is 3. The van der Waals surface area contributed by atoms with Gasteiger partial charge in [0.1, 0.15) is 0 Å². The lowest BCUT2D eigenvalue weighted by molar-refractivity contribution is 0.921. The van der Waals surface area contributed by atoms with E-state index in [1.807, 2.05) is 54.6 Å². The molecule has 2 aromatic carbocycles. The second-order valence-corrected chi connectivity index (χ2v) is 4.94. The van der Waals surface area contributed by atoms with Gasteiger partial charge in [-0.3, -0.25) is 4.57 Å². The summed E-state index contributed by atoms with van der Waals surface area (Å²) in [7, 11) is 0. The maximum absolute atomic E-state index is 8.76. The third-order valence-electron chi connectivity index (χ3n) is 2.81. The van der Waals surface area contributed by atoms with Crippen LogP contribution in [-0.4, -0.2) is 15.3 Å². The second-order valence-electron chi connectivity index (χ2n) is 4.00. The summed E-state index contributed by atoms with van der Waals surface area (Å²) < 4.78 is 2.09. The Bertz CT molecular complexity index is 741. The lowest BCUT2D eigenvalue weighted by atomic mass is 10.3. The van der Waals surface area contributed by atoms with E-state index < -0.39 is 0 Å². The van der Waals surface area contributed by atoms with Gasteiger partial charge in [0, 0.05) is 5.69 Å². The largest absolute Gasteiger partial charge is 0.287 e. The van der Waals surface area contributed by atoms with E-state index in [-0.39, 0.29) is 0 Å². The molecule has 0 N–H and O–H groups in total. The summed E-state index contributed by atoms with van der Waals surface area (Å²) in [6, 6.07) is 20.3. The SMILES string of the molecule is N#CCSc1nc2ccccc2n1-c1ccccc1. The molecule has 0 atom stereocenters. The van der Waals surface area contributed by atoms with Gasteiger partial charge >= 0.3 is 0 Å². The molecular weight excluding hydrogens is 254 g/mol. The van der Waals surface area contributed by atoms with Crippen molar-refractivity contribution >= 4 is 22.8 Å². The van der Waals surface area contributed by atoms with Crippen molar-refractivity contribution in [3.63, 3.8) is 0 Å². The van der Waals surface area contributed by atoms with Crippen molar-refractivity contribution in [1.82, 2.24) is 9.55 Å². The number of thioether (sulfide) groups is 1. The number of aromatic nitrogens is 2. The highest BCUT2D eigenvalue weighted by molar-refractivity contribution is 7.99. The van der Waals surface area contributed by atoms with Gasteiger partial charge in [0.25, 0.3) is 0 Å². The molecule has 0 fully saturated rings. The minimum absolute atomic E-state index is 0.399. The Morgan fingerprint density at radius 1 is 1.05 bits per heavy atom. The van der Waals surface area contributed by atoms with Crippen molar-refractivity contribution in [2.45, 2.75) is 5.16 Å². The zero-order chi connectivity index (χ0) is 13.1. The number of rotatable bonds is 3. The fourth-order valence-corrected chi connectivity index (χ4v) is 2.71. The lowest BCUT2D eigenvalue weighted by Gasteiger charge is -2.07. The molecule has 19 heavy (non-hydrogen) atoms. The third kappa shape index (κ3) is 2.20. The summed E-state index contributed by atoms with van der Waals surface area (Å²) in [5.74, 6) is 0.399. The van der Waals surface area contributed by atoms with Crippen LogP contribution in [0.1, 0.15) is 0 Å². The Labute approximate surface area is 115 Å². The molecule has 92 valence electrons. The molecule has 1 aromatic heterocycles. The summed E-state index contributed by atoms with van der Waals surface area (Å²) >= 11 is 1.46. The van der Waals surface area contributed by atoms with E-state index >= 15 is 0 Å². The zero-order valence-electron chi connectivity index (χ0n) is 10.2. The Hall–Kier alpha value is -2.25. The van der Waals surface area contributed by atoms with Gasteiger partial charge in [-0.2, -0.15) is 5.26 Å². The van der Waals surface area contributed by atoms with Gasteiger partial charge in [-0.25, -0.2) is 4.98 Å². The van der Waals surface area contributed by atoms with Crippen LogP contribution in [-0.2, 0) is 0 Å². The van der Waals surface area contributed by atoms with E-state index in [2.05, 4.69) is 15.6 Å². The van der Waals surface area contributed by atoms with Gasteiger partial charge in [0.15, 0.2) is 5.16 Å². The number of nitriles is 1. The first-order valence-electron chi connectivity index (χ1n) is 5.93. The van der Waals surface area contributed by atoms with Gasteiger partial charge in [-0.1, -0.05) is 42.1 Å². The van der Waals surface area contributed by atoms with Gasteiger partial charge in [-0.15, -0.1) is 0 Å². The van der Waals surface area contributed by atoms with Crippen LogP contribution in [0.2, 0.25) is 0 Å². The topological polar surface area (TPSA) is 41.6 Å². The molecule has 0 amide bonds. The molecule has 0 saturated carbocycles. The van der Waals surface area contributed by atoms with Crippen molar-refractivity contribution in [2.24, 2.45) is 0 Å². The van der Waals surface area contributed by atoms with Crippen LogP contribution in [0.5, 0.6) is 0 Å². The highest BCUT2D eigenvalue weighted by atomic mass is 32.2. The standard InChI is InChI=1S/C15H11N3S/c16-10-11-19-15-17-13-8-4-5-9-14(13)18(15)12-6-2-1-3-7-12/h1-9H,11H2. The maximum Gasteiger partial charge on any atom is 0.174 e. The summed E-state index contributed by atoms with van der Waals surface area (Å²) in [5.41, 5.74) is 3.08. The maximum atomic E-state index is 8.76. The van der Waals surface area contributed by atoms with E-state index in [1.54, 1.807) is 0 Å². The molecule has 1 heterocycles. The van der Waals surface area contributed by atoms with Crippen LogP contribution >= 0.6 is 11.8 Å². The molecule has 0 bridgehead atoms. The third-order valence-corrected chi connectivity index (χ3v) is 3.62. The van der Waals surface area contributed by atoms with Crippen LogP contribution in [0.4, 0.5) is 0 Å². The molecule has 0 saturated heterocycles. The molecule has 3 rings (SSSR count). The summed E-state index contributed by atoms with van der Waals surface area (Å²) in [6.07, 6.45) is 0. The van der Waals surface area contributed by atoms with Gasteiger partial charge in [0.2, 0.25) is 0 Å². The minimum Gasteiger partial charge on any atom is -0.287 e. The van der Waals surface area contributed by atoms with E-state index in [0.717, 1.165) is 21.9 Å². The Morgan fingerprint density at radius 2 is 1.79 bits per heavy atom. The molecule has 0 aliphatic rings. The van der Waals surface area contributed by atoms with Crippen LogP contribution < -0.4 is 0 Å². The van der Waals surface area contributed by atoms with Crippen LogP contribution in [0.25, 0.3) is 16.7 Å². The van der Waals surface area contributed by atoms with Crippen molar-refractivity contribution in [2.75, 3.05) is 5.75 Å². The van der Waals surface area contributed by atoms with E-state index in [9.17, 15) is 0 Å². The molecule has 0 aliphatic carbocycles. The number of benzene rings is 2. The first-order chi connectivity index (χ1) is 9.40. The zero-order valence-corrected chi connectivity index (χ0v) is 11.0. The molecule has 0 radical (unpaired) electrons. The Morgan fingerprint density at radius 3 is 2.58 bits per heavy atom. The first-order valence-corrected chi connectivity index (χ1v) is 6.91. The van der Waals surface area contributed by atoms with Crippen LogP contribution in [0, 0.1) is 11.3 Å². The van der Waals surface area contributed by atoms with Crippen molar-refractivity contribution in [3.05, 3.63) is 54.6 Å². The highest BCUT2D eigenvalue weighted by Gasteiger charge is 2.11. The molecule has 3 nitrogen and oxygen atoms in total. The van der Waals surface area contributed by atoms with Crippen molar-refractivity contribution in [1.29, 1.82) is 5.26 Å². The van der Waals surface area contributed by atoms with Gasteiger partial charge in [0.05, 0.1) is 22.9 Å². The van der Waals surface area contributed by atoms with Crippen molar-refractivity contribution in [3.8, 4) is 11.8 Å². The molecular formula is C15H11N3S. The van der Waals surface area contributed by atoms with Crippen molar-refractivity contribution < 1.29 is 0 Å². The Balaban J connectivity index is 2.22. The normalized spacial score (nSPS) is 10.5. The average molecular weight is 265 g/mol. The average Bonchev–Trinajstić information content (AvgIpc) is 2.84. The van der Waals surface area contributed by atoms with Crippen LogP contribution in [0.15, 0.2) is 59.8 Å². The highest BCUT2D eigenvalue weighted by Crippen LogP contribution is 2.27. The quantitative estimate of drug-likeness (QED) is 0.679. The fraction of sp³-hybridized carbons (Fsp3) is 0.0667. The van der Waals surface area contributed by atoms with Gasteiger partial charge in [-0.05, 0) is 24.3 Å². The predicted octanol–water partition coefficient (Wildman–Crippen LogP) is 3.64. The number of nitrogens with zero attached hydrogens (tertiary/aromatic N) is 3. The predicted molar refractivity (Wildman–Crippen MR) is 77.4 cm³/mol. The molecule has 4 heteroatoms. The number of imidazole rings is 1. The Kier molecular flexibility index (Phi) is 3.21. The first kappa shape index (κ1) is 11.8. The summed E-state index contributed by atoms with van der Waals surface area (Å²) in [5, 5.41) is 9.61. The van der Waals surface area contributed by atoms with E-state index in [4.69, 9.17) is 5.26 Å². The molecule has 0 spiro atoms. The second kappa shape index (κ2) is 5.17. The monoisotopic (exact) mass is 265 g/mol. The van der Waals surface area contributed by atoms with E-state index in [1.165, 1.54) is 11.8 Å². The number of para-hydroxylation sites is 3. The minimum atomic E-state index is 0.399.